The lowest BCUT2D eigenvalue weighted by atomic mass is 10.2. The van der Waals surface area contributed by atoms with Crippen molar-refractivity contribution in [3.05, 3.63) is 0 Å². The maximum atomic E-state index is 5.89. The summed E-state index contributed by atoms with van der Waals surface area (Å²) in [6.07, 6.45) is -0.223. The number of hydrogen-bond acceptors (Lipinski definition) is 2. The third-order valence-electron chi connectivity index (χ3n) is 1.18. The maximum Gasteiger partial charge on any atom is 0.176 e. The van der Waals surface area contributed by atoms with E-state index in [2.05, 4.69) is 0 Å². The molecular weight excluding hydrogens is 140 g/mol. The highest BCUT2D eigenvalue weighted by Gasteiger charge is 2.31. The molecule has 0 aliphatic carbocycles. The zero-order valence-corrected chi connectivity index (χ0v) is 6.44. The van der Waals surface area contributed by atoms with E-state index in [1.54, 1.807) is 0 Å². The van der Waals surface area contributed by atoms with E-state index < -0.39 is 4.87 Å². The van der Waals surface area contributed by atoms with Crippen molar-refractivity contribution >= 4 is 11.6 Å². The highest BCUT2D eigenvalue weighted by atomic mass is 35.5. The Hall–Kier alpha value is 0.210. The Morgan fingerprint density at radius 3 is 2.00 bits per heavy atom. The second kappa shape index (κ2) is 2.45. The van der Waals surface area contributed by atoms with Crippen LogP contribution < -0.4 is 0 Å². The van der Waals surface area contributed by atoms with Gasteiger partial charge >= 0.3 is 0 Å². The summed E-state index contributed by atoms with van der Waals surface area (Å²) in [5.74, 6) is 0. The molecule has 0 aromatic heterocycles. The number of hydrogen-bond donors (Lipinski definition) is 0. The van der Waals surface area contributed by atoms with Crippen molar-refractivity contribution in [3.8, 4) is 0 Å². The van der Waals surface area contributed by atoms with Crippen LogP contribution >= 0.6 is 11.6 Å². The Kier molecular flexibility index (Phi) is 1.99. The number of rotatable bonds is 1. The van der Waals surface area contributed by atoms with E-state index in [1.807, 2.05) is 13.8 Å². The lowest BCUT2D eigenvalue weighted by Gasteiger charge is -2.21. The van der Waals surface area contributed by atoms with E-state index in [9.17, 15) is 0 Å². The molecule has 0 spiro atoms. The van der Waals surface area contributed by atoms with E-state index in [-0.39, 0.29) is 6.29 Å². The fraction of sp³-hybridized carbons (Fsp3) is 1.00. The van der Waals surface area contributed by atoms with Crippen molar-refractivity contribution in [2.45, 2.75) is 25.0 Å². The van der Waals surface area contributed by atoms with Crippen molar-refractivity contribution < 1.29 is 9.47 Å². The topological polar surface area (TPSA) is 18.5 Å². The van der Waals surface area contributed by atoms with E-state index in [0.717, 1.165) is 0 Å². The zero-order chi connectivity index (χ0) is 6.91. The number of halogens is 1. The Morgan fingerprint density at radius 1 is 1.33 bits per heavy atom. The SMILES string of the molecule is CC(C)(Cl)C1OCCO1. The molecule has 0 unspecified atom stereocenters. The molecule has 1 rings (SSSR count). The van der Waals surface area contributed by atoms with Crippen molar-refractivity contribution in [1.82, 2.24) is 0 Å². The summed E-state index contributed by atoms with van der Waals surface area (Å²) >= 11 is 5.89. The molecule has 9 heavy (non-hydrogen) atoms. The Bertz CT molecular complexity index is 91.7. The molecule has 1 heterocycles. The Balaban J connectivity index is 2.42. The summed E-state index contributed by atoms with van der Waals surface area (Å²) in [5.41, 5.74) is 0. The van der Waals surface area contributed by atoms with E-state index in [0.29, 0.717) is 13.2 Å². The minimum absolute atomic E-state index is 0.223. The smallest absolute Gasteiger partial charge is 0.176 e. The molecular formula is C6H11ClO2. The predicted molar refractivity (Wildman–Crippen MR) is 35.6 cm³/mol. The lowest BCUT2D eigenvalue weighted by molar-refractivity contribution is -0.0634. The molecule has 1 aliphatic heterocycles. The van der Waals surface area contributed by atoms with Crippen molar-refractivity contribution in [2.24, 2.45) is 0 Å². The summed E-state index contributed by atoms with van der Waals surface area (Å²) in [5, 5.41) is 0. The van der Waals surface area contributed by atoms with Gasteiger partial charge in [-0.05, 0) is 13.8 Å². The second-order valence-electron chi connectivity index (χ2n) is 2.64. The highest BCUT2D eigenvalue weighted by molar-refractivity contribution is 6.23. The van der Waals surface area contributed by atoms with Crippen LogP contribution in [0.3, 0.4) is 0 Å². The summed E-state index contributed by atoms with van der Waals surface area (Å²) in [4.78, 5) is -0.392. The first kappa shape index (κ1) is 7.32. The molecule has 1 fully saturated rings. The van der Waals surface area contributed by atoms with Gasteiger partial charge in [-0.25, -0.2) is 0 Å². The largest absolute Gasteiger partial charge is 0.348 e. The summed E-state index contributed by atoms with van der Waals surface area (Å²) in [7, 11) is 0. The van der Waals surface area contributed by atoms with E-state index in [1.165, 1.54) is 0 Å². The monoisotopic (exact) mass is 150 g/mol. The Morgan fingerprint density at radius 2 is 1.78 bits per heavy atom. The van der Waals surface area contributed by atoms with Crippen molar-refractivity contribution in [2.75, 3.05) is 13.2 Å². The zero-order valence-electron chi connectivity index (χ0n) is 5.69. The molecule has 0 amide bonds. The summed E-state index contributed by atoms with van der Waals surface area (Å²) in [6.45, 7) is 5.09. The van der Waals surface area contributed by atoms with Crippen LogP contribution in [0.1, 0.15) is 13.8 Å². The van der Waals surface area contributed by atoms with Gasteiger partial charge in [0.2, 0.25) is 0 Å². The predicted octanol–water partition coefficient (Wildman–Crippen LogP) is 1.38. The molecule has 0 saturated carbocycles. The van der Waals surface area contributed by atoms with Gasteiger partial charge in [0.05, 0.1) is 18.1 Å². The van der Waals surface area contributed by atoms with Gasteiger partial charge < -0.3 is 9.47 Å². The minimum atomic E-state index is -0.392. The van der Waals surface area contributed by atoms with E-state index in [4.69, 9.17) is 21.1 Å². The first-order valence-corrected chi connectivity index (χ1v) is 3.40. The van der Waals surface area contributed by atoms with Crippen LogP contribution in [0.25, 0.3) is 0 Å². The molecule has 0 radical (unpaired) electrons. The van der Waals surface area contributed by atoms with Gasteiger partial charge in [0, 0.05) is 0 Å². The highest BCUT2D eigenvalue weighted by Crippen LogP contribution is 2.24. The van der Waals surface area contributed by atoms with Crippen LogP contribution in [0.15, 0.2) is 0 Å². The van der Waals surface area contributed by atoms with Gasteiger partial charge in [-0.15, -0.1) is 11.6 Å². The first-order valence-electron chi connectivity index (χ1n) is 3.03. The molecule has 0 aromatic rings. The van der Waals surface area contributed by atoms with Crippen molar-refractivity contribution in [3.63, 3.8) is 0 Å². The molecule has 1 aliphatic rings. The summed E-state index contributed by atoms with van der Waals surface area (Å²) < 4.78 is 10.3. The first-order chi connectivity index (χ1) is 4.11. The average molecular weight is 151 g/mol. The fourth-order valence-electron chi connectivity index (χ4n) is 0.755. The third kappa shape index (κ3) is 1.81. The Labute approximate surface area is 60.1 Å². The van der Waals surface area contributed by atoms with Crippen molar-refractivity contribution in [1.29, 1.82) is 0 Å². The third-order valence-corrected chi connectivity index (χ3v) is 1.36. The summed E-state index contributed by atoms with van der Waals surface area (Å²) in [6, 6.07) is 0. The minimum Gasteiger partial charge on any atom is -0.348 e. The van der Waals surface area contributed by atoms with Crippen LogP contribution in [0, 0.1) is 0 Å². The van der Waals surface area contributed by atoms with Crippen LogP contribution in [0.2, 0.25) is 0 Å². The molecule has 0 atom stereocenters. The molecule has 0 aromatic carbocycles. The van der Waals surface area contributed by atoms with Crippen LogP contribution in [0.5, 0.6) is 0 Å². The van der Waals surface area contributed by atoms with Gasteiger partial charge in [0.25, 0.3) is 0 Å². The van der Waals surface area contributed by atoms with Gasteiger partial charge in [-0.3, -0.25) is 0 Å². The maximum absolute atomic E-state index is 5.89. The number of ether oxygens (including phenoxy) is 2. The standard InChI is InChI=1S/C6H11ClO2/c1-6(2,7)5-8-3-4-9-5/h5H,3-4H2,1-2H3. The lowest BCUT2D eigenvalue weighted by Crippen LogP contribution is -2.30. The molecule has 0 N–H and O–H groups in total. The fourth-order valence-corrected chi connectivity index (χ4v) is 0.881. The van der Waals surface area contributed by atoms with Crippen LogP contribution in [0.4, 0.5) is 0 Å². The average Bonchev–Trinajstić information content (AvgIpc) is 2.08. The number of alkyl halides is 1. The second-order valence-corrected chi connectivity index (χ2v) is 3.61. The normalized spacial score (nSPS) is 23.0. The molecule has 0 bridgehead atoms. The molecule has 2 nitrogen and oxygen atoms in total. The molecule has 54 valence electrons. The van der Waals surface area contributed by atoms with Gasteiger partial charge in [0.15, 0.2) is 6.29 Å². The van der Waals surface area contributed by atoms with Gasteiger partial charge in [-0.1, -0.05) is 0 Å². The van der Waals surface area contributed by atoms with Gasteiger partial charge in [0.1, 0.15) is 0 Å². The van der Waals surface area contributed by atoms with E-state index >= 15 is 0 Å². The molecule has 3 heteroatoms. The quantitative estimate of drug-likeness (QED) is 0.526. The van der Waals surface area contributed by atoms with Gasteiger partial charge in [-0.2, -0.15) is 0 Å². The van der Waals surface area contributed by atoms with Crippen LogP contribution in [-0.2, 0) is 9.47 Å². The van der Waals surface area contributed by atoms with Crippen LogP contribution in [-0.4, -0.2) is 24.4 Å². The molecule has 1 saturated heterocycles.